The molecule has 5 nitrogen and oxygen atoms in total. The maximum absolute atomic E-state index is 12.0. The van der Waals surface area contributed by atoms with E-state index in [1.165, 1.54) is 0 Å². The summed E-state index contributed by atoms with van der Waals surface area (Å²) in [5.74, 6) is 0.0229. The van der Waals surface area contributed by atoms with Crippen LogP contribution in [0.3, 0.4) is 0 Å². The quantitative estimate of drug-likeness (QED) is 0.774. The first-order chi connectivity index (χ1) is 10.0. The minimum Gasteiger partial charge on any atom is -0.354 e. The number of anilines is 1. The first-order valence-electron chi connectivity index (χ1n) is 7.47. The molecule has 22 heavy (non-hydrogen) atoms. The van der Waals surface area contributed by atoms with Crippen molar-refractivity contribution in [2.45, 2.75) is 45.2 Å². The van der Waals surface area contributed by atoms with E-state index < -0.39 is 0 Å². The lowest BCUT2D eigenvalue weighted by Crippen LogP contribution is -2.35. The molecule has 1 atom stereocenters. The van der Waals surface area contributed by atoms with Crippen LogP contribution in [0, 0.1) is 0 Å². The molecule has 2 amide bonds. The Morgan fingerprint density at radius 2 is 1.95 bits per heavy atom. The van der Waals surface area contributed by atoms with E-state index in [2.05, 4.69) is 16.0 Å². The summed E-state index contributed by atoms with van der Waals surface area (Å²) >= 11 is 0. The molecule has 2 rings (SSSR count). The van der Waals surface area contributed by atoms with Crippen molar-refractivity contribution in [1.82, 2.24) is 10.6 Å². The molecule has 1 aromatic carbocycles. The number of rotatable bonds is 5. The Morgan fingerprint density at radius 1 is 1.27 bits per heavy atom. The van der Waals surface area contributed by atoms with Crippen LogP contribution in [0.1, 0.15) is 32.3 Å². The Morgan fingerprint density at radius 3 is 2.50 bits per heavy atom. The molecule has 3 N–H and O–H groups in total. The number of hydrogen-bond acceptors (Lipinski definition) is 3. The van der Waals surface area contributed by atoms with E-state index in [0.717, 1.165) is 30.6 Å². The van der Waals surface area contributed by atoms with Crippen molar-refractivity contribution in [1.29, 1.82) is 0 Å². The molecule has 0 bridgehead atoms. The van der Waals surface area contributed by atoms with Crippen LogP contribution in [0.4, 0.5) is 5.69 Å². The van der Waals surface area contributed by atoms with Crippen LogP contribution >= 0.6 is 12.4 Å². The SMILES string of the molecule is CC(C)NC(=O)Cc1ccc(NC(=O)C2CCCN2)cc1.Cl. The summed E-state index contributed by atoms with van der Waals surface area (Å²) in [5, 5.41) is 8.92. The van der Waals surface area contributed by atoms with Crippen LogP contribution in [0.15, 0.2) is 24.3 Å². The van der Waals surface area contributed by atoms with Crippen LogP contribution in [-0.4, -0.2) is 30.4 Å². The van der Waals surface area contributed by atoms with Gasteiger partial charge in [0.25, 0.3) is 0 Å². The van der Waals surface area contributed by atoms with Gasteiger partial charge in [-0.25, -0.2) is 0 Å². The molecule has 6 heteroatoms. The van der Waals surface area contributed by atoms with Gasteiger partial charge in [-0.1, -0.05) is 12.1 Å². The van der Waals surface area contributed by atoms with Crippen LogP contribution in [0.2, 0.25) is 0 Å². The maximum atomic E-state index is 12.0. The molecule has 1 unspecified atom stereocenters. The molecule has 1 aliphatic heterocycles. The topological polar surface area (TPSA) is 70.2 Å². The number of amides is 2. The highest BCUT2D eigenvalue weighted by atomic mass is 35.5. The number of carbonyl (C=O) groups excluding carboxylic acids is 2. The zero-order valence-corrected chi connectivity index (χ0v) is 13.8. The van der Waals surface area contributed by atoms with Gasteiger partial charge in [-0.05, 0) is 50.9 Å². The summed E-state index contributed by atoms with van der Waals surface area (Å²) in [6.07, 6.45) is 2.29. The molecule has 0 aromatic heterocycles. The minimum atomic E-state index is -0.0819. The predicted molar refractivity (Wildman–Crippen MR) is 90.3 cm³/mol. The zero-order chi connectivity index (χ0) is 15.2. The second-order valence-electron chi connectivity index (χ2n) is 5.73. The fraction of sp³-hybridized carbons (Fsp3) is 0.500. The van der Waals surface area contributed by atoms with E-state index in [1.807, 2.05) is 38.1 Å². The molecular weight excluding hydrogens is 302 g/mol. The summed E-state index contributed by atoms with van der Waals surface area (Å²) in [7, 11) is 0. The van der Waals surface area contributed by atoms with Gasteiger partial charge in [0.05, 0.1) is 12.5 Å². The molecule has 1 fully saturated rings. The summed E-state index contributed by atoms with van der Waals surface area (Å²) < 4.78 is 0. The van der Waals surface area contributed by atoms with Crippen molar-refractivity contribution in [3.63, 3.8) is 0 Å². The monoisotopic (exact) mass is 325 g/mol. The van der Waals surface area contributed by atoms with Crippen molar-refractivity contribution in [3.05, 3.63) is 29.8 Å². The van der Waals surface area contributed by atoms with Crippen molar-refractivity contribution >= 4 is 29.9 Å². The Hall–Kier alpha value is -1.59. The van der Waals surface area contributed by atoms with Crippen LogP contribution in [-0.2, 0) is 16.0 Å². The van der Waals surface area contributed by atoms with Gasteiger partial charge in [0, 0.05) is 11.7 Å². The largest absolute Gasteiger partial charge is 0.354 e. The predicted octanol–water partition coefficient (Wildman–Crippen LogP) is 1.87. The number of carbonyl (C=O) groups is 2. The highest BCUT2D eigenvalue weighted by Crippen LogP contribution is 2.13. The smallest absolute Gasteiger partial charge is 0.241 e. The lowest BCUT2D eigenvalue weighted by atomic mass is 10.1. The van der Waals surface area contributed by atoms with Gasteiger partial charge in [0.2, 0.25) is 11.8 Å². The van der Waals surface area contributed by atoms with E-state index in [-0.39, 0.29) is 36.3 Å². The van der Waals surface area contributed by atoms with E-state index >= 15 is 0 Å². The second-order valence-corrected chi connectivity index (χ2v) is 5.73. The average molecular weight is 326 g/mol. The van der Waals surface area contributed by atoms with Gasteiger partial charge in [-0.15, -0.1) is 12.4 Å². The van der Waals surface area contributed by atoms with Crippen molar-refractivity contribution in [2.75, 3.05) is 11.9 Å². The Bertz CT molecular complexity index is 497. The van der Waals surface area contributed by atoms with E-state index in [9.17, 15) is 9.59 Å². The van der Waals surface area contributed by atoms with E-state index in [0.29, 0.717) is 6.42 Å². The third-order valence-electron chi connectivity index (χ3n) is 3.41. The number of benzene rings is 1. The molecule has 122 valence electrons. The lowest BCUT2D eigenvalue weighted by Gasteiger charge is -2.12. The van der Waals surface area contributed by atoms with Gasteiger partial charge in [-0.2, -0.15) is 0 Å². The Kier molecular flexibility index (Phi) is 7.35. The highest BCUT2D eigenvalue weighted by Gasteiger charge is 2.21. The Labute approximate surface area is 137 Å². The third kappa shape index (κ3) is 5.66. The molecule has 0 saturated carbocycles. The first-order valence-corrected chi connectivity index (χ1v) is 7.47. The van der Waals surface area contributed by atoms with Crippen molar-refractivity contribution < 1.29 is 9.59 Å². The highest BCUT2D eigenvalue weighted by molar-refractivity contribution is 5.95. The van der Waals surface area contributed by atoms with E-state index in [1.54, 1.807) is 0 Å². The number of halogens is 1. The number of hydrogen-bond donors (Lipinski definition) is 3. The fourth-order valence-corrected chi connectivity index (χ4v) is 2.40. The van der Waals surface area contributed by atoms with Gasteiger partial charge >= 0.3 is 0 Å². The summed E-state index contributed by atoms with van der Waals surface area (Å²) in [4.78, 5) is 23.6. The van der Waals surface area contributed by atoms with Crippen molar-refractivity contribution in [2.24, 2.45) is 0 Å². The summed E-state index contributed by atoms with van der Waals surface area (Å²) in [6.45, 7) is 4.78. The molecular formula is C16H24ClN3O2. The van der Waals surface area contributed by atoms with Gasteiger partial charge in [0.1, 0.15) is 0 Å². The normalized spacial score (nSPS) is 17.0. The molecule has 1 aliphatic rings. The molecule has 0 spiro atoms. The first kappa shape index (κ1) is 18.5. The average Bonchev–Trinajstić information content (AvgIpc) is 2.94. The van der Waals surface area contributed by atoms with E-state index in [4.69, 9.17) is 0 Å². The molecule has 1 aromatic rings. The Balaban J connectivity index is 0.00000242. The minimum absolute atomic E-state index is 0. The number of nitrogens with one attached hydrogen (secondary N) is 3. The lowest BCUT2D eigenvalue weighted by molar-refractivity contribution is -0.121. The maximum Gasteiger partial charge on any atom is 0.241 e. The second kappa shape index (κ2) is 8.76. The molecule has 1 heterocycles. The van der Waals surface area contributed by atoms with Crippen LogP contribution in [0.5, 0.6) is 0 Å². The van der Waals surface area contributed by atoms with Gasteiger partial charge < -0.3 is 16.0 Å². The standard InChI is InChI=1S/C16H23N3O2.ClH/c1-11(2)18-15(20)10-12-5-7-13(8-6-12)19-16(21)14-4-3-9-17-14;/h5-8,11,14,17H,3-4,9-10H2,1-2H3,(H,18,20)(H,19,21);1H. The van der Waals surface area contributed by atoms with Gasteiger partial charge in [-0.3, -0.25) is 9.59 Å². The van der Waals surface area contributed by atoms with Crippen LogP contribution < -0.4 is 16.0 Å². The molecule has 0 radical (unpaired) electrons. The van der Waals surface area contributed by atoms with Crippen LogP contribution in [0.25, 0.3) is 0 Å². The summed E-state index contributed by atoms with van der Waals surface area (Å²) in [5.41, 5.74) is 1.70. The fourth-order valence-electron chi connectivity index (χ4n) is 2.40. The van der Waals surface area contributed by atoms with Gasteiger partial charge in [0.15, 0.2) is 0 Å². The zero-order valence-electron chi connectivity index (χ0n) is 13.0. The molecule has 0 aliphatic carbocycles. The summed E-state index contributed by atoms with van der Waals surface area (Å²) in [6, 6.07) is 7.49. The van der Waals surface area contributed by atoms with Crippen molar-refractivity contribution in [3.8, 4) is 0 Å². The molecule has 1 saturated heterocycles. The third-order valence-corrected chi connectivity index (χ3v) is 3.41.